The summed E-state index contributed by atoms with van der Waals surface area (Å²) < 4.78 is 0. The number of carbonyl (C=O) groups excluding carboxylic acids is 2. The Balaban J connectivity index is 4.37. The van der Waals surface area contributed by atoms with E-state index in [4.69, 9.17) is 0 Å². The standard InChI is InChI=1S/C21H43N3O2/c1-7-9-10-20(25)11-14-23(18(3)4)16-17-24(19(5)6)15-12-21(26)22-13-8-2/h18-19H,7-17H2,1-6H3,(H,22,26). The molecule has 0 rings (SSSR count). The fourth-order valence-electron chi connectivity index (χ4n) is 2.88. The summed E-state index contributed by atoms with van der Waals surface area (Å²) >= 11 is 0. The number of ketones is 1. The zero-order valence-corrected chi connectivity index (χ0v) is 18.1. The predicted molar refractivity (Wildman–Crippen MR) is 110 cm³/mol. The number of unbranched alkanes of at least 4 members (excludes halogenated alkanes) is 1. The predicted octanol–water partition coefficient (Wildman–Crippen LogP) is 3.47. The second-order valence-corrected chi connectivity index (χ2v) is 7.75. The van der Waals surface area contributed by atoms with Gasteiger partial charge in [-0.05, 0) is 40.5 Å². The van der Waals surface area contributed by atoms with E-state index in [1.54, 1.807) is 0 Å². The van der Waals surface area contributed by atoms with Crippen molar-refractivity contribution in [3.05, 3.63) is 0 Å². The number of nitrogens with zero attached hydrogens (tertiary/aromatic N) is 2. The van der Waals surface area contributed by atoms with E-state index in [1.165, 1.54) is 0 Å². The third-order valence-corrected chi connectivity index (χ3v) is 4.82. The normalized spacial score (nSPS) is 11.8. The maximum absolute atomic E-state index is 12.0. The molecule has 0 heterocycles. The van der Waals surface area contributed by atoms with Gasteiger partial charge in [0, 0.05) is 64.1 Å². The number of carbonyl (C=O) groups is 2. The molecule has 0 atom stereocenters. The summed E-state index contributed by atoms with van der Waals surface area (Å²) in [6.07, 6.45) is 4.97. The van der Waals surface area contributed by atoms with Gasteiger partial charge in [0.15, 0.2) is 0 Å². The van der Waals surface area contributed by atoms with E-state index in [0.717, 1.165) is 52.0 Å². The van der Waals surface area contributed by atoms with E-state index < -0.39 is 0 Å². The molecule has 0 fully saturated rings. The summed E-state index contributed by atoms with van der Waals surface area (Å²) in [4.78, 5) is 28.6. The molecule has 5 nitrogen and oxygen atoms in total. The Morgan fingerprint density at radius 1 is 0.769 bits per heavy atom. The largest absolute Gasteiger partial charge is 0.356 e. The van der Waals surface area contributed by atoms with Gasteiger partial charge in [0.1, 0.15) is 5.78 Å². The third-order valence-electron chi connectivity index (χ3n) is 4.82. The fraction of sp³-hybridized carbons (Fsp3) is 0.905. The van der Waals surface area contributed by atoms with Gasteiger partial charge in [0.05, 0.1) is 0 Å². The van der Waals surface area contributed by atoms with E-state index >= 15 is 0 Å². The van der Waals surface area contributed by atoms with Crippen LogP contribution in [0.5, 0.6) is 0 Å². The number of hydrogen-bond donors (Lipinski definition) is 1. The van der Waals surface area contributed by atoms with Crippen molar-refractivity contribution in [1.82, 2.24) is 15.1 Å². The van der Waals surface area contributed by atoms with Crippen molar-refractivity contribution in [3.8, 4) is 0 Å². The van der Waals surface area contributed by atoms with Crippen LogP contribution < -0.4 is 5.32 Å². The maximum Gasteiger partial charge on any atom is 0.221 e. The Kier molecular flexibility index (Phi) is 14.6. The van der Waals surface area contributed by atoms with E-state index in [9.17, 15) is 9.59 Å². The van der Waals surface area contributed by atoms with E-state index in [2.05, 4.69) is 56.7 Å². The molecule has 154 valence electrons. The fourth-order valence-corrected chi connectivity index (χ4v) is 2.88. The van der Waals surface area contributed by atoms with Crippen LogP contribution in [0.3, 0.4) is 0 Å². The molecular weight excluding hydrogens is 326 g/mol. The van der Waals surface area contributed by atoms with Crippen LogP contribution in [0, 0.1) is 0 Å². The first-order valence-corrected chi connectivity index (χ1v) is 10.6. The van der Waals surface area contributed by atoms with Gasteiger partial charge >= 0.3 is 0 Å². The van der Waals surface area contributed by atoms with Crippen LogP contribution in [0.15, 0.2) is 0 Å². The van der Waals surface area contributed by atoms with Crippen molar-refractivity contribution in [2.45, 2.75) is 92.2 Å². The minimum absolute atomic E-state index is 0.139. The molecule has 0 aromatic rings. The smallest absolute Gasteiger partial charge is 0.221 e. The van der Waals surface area contributed by atoms with Crippen molar-refractivity contribution in [3.63, 3.8) is 0 Å². The number of Topliss-reactive ketones (excluding diaryl/α,β-unsaturated/α-hetero) is 1. The van der Waals surface area contributed by atoms with Crippen LogP contribution in [-0.2, 0) is 9.59 Å². The lowest BCUT2D eigenvalue weighted by Crippen LogP contribution is -2.43. The molecule has 5 heteroatoms. The van der Waals surface area contributed by atoms with Gasteiger partial charge in [-0.3, -0.25) is 19.4 Å². The molecule has 1 N–H and O–H groups in total. The topological polar surface area (TPSA) is 52.7 Å². The first-order chi connectivity index (χ1) is 12.3. The summed E-state index contributed by atoms with van der Waals surface area (Å²) in [6.45, 7) is 17.2. The van der Waals surface area contributed by atoms with E-state index in [-0.39, 0.29) is 5.91 Å². The van der Waals surface area contributed by atoms with Gasteiger partial charge in [0.2, 0.25) is 5.91 Å². The summed E-state index contributed by atoms with van der Waals surface area (Å²) in [5, 5.41) is 2.95. The minimum atomic E-state index is 0.139. The molecule has 0 aliphatic carbocycles. The molecule has 0 aliphatic rings. The van der Waals surface area contributed by atoms with Gasteiger partial charge in [-0.15, -0.1) is 0 Å². The monoisotopic (exact) mass is 369 g/mol. The summed E-state index contributed by atoms with van der Waals surface area (Å²) in [7, 11) is 0. The Hall–Kier alpha value is -0.940. The molecule has 0 aliphatic heterocycles. The van der Waals surface area contributed by atoms with Crippen LogP contribution >= 0.6 is 0 Å². The van der Waals surface area contributed by atoms with Crippen molar-refractivity contribution < 1.29 is 9.59 Å². The lowest BCUT2D eigenvalue weighted by atomic mass is 10.1. The lowest BCUT2D eigenvalue weighted by Gasteiger charge is -2.32. The highest BCUT2D eigenvalue weighted by atomic mass is 16.1. The SMILES string of the molecule is CCCCC(=O)CCN(CCN(CCC(=O)NCCC)C(C)C)C(C)C. The summed E-state index contributed by atoms with van der Waals surface area (Å²) in [5.74, 6) is 0.519. The molecule has 0 aromatic heterocycles. The van der Waals surface area contributed by atoms with Crippen LogP contribution in [0.25, 0.3) is 0 Å². The Bertz CT molecular complexity index is 347. The lowest BCUT2D eigenvalue weighted by molar-refractivity contribution is -0.121. The van der Waals surface area contributed by atoms with Crippen molar-refractivity contribution in [2.24, 2.45) is 0 Å². The highest BCUT2D eigenvalue weighted by molar-refractivity contribution is 5.78. The number of hydrogen-bond acceptors (Lipinski definition) is 4. The van der Waals surface area contributed by atoms with Crippen molar-refractivity contribution in [2.75, 3.05) is 32.7 Å². The highest BCUT2D eigenvalue weighted by Crippen LogP contribution is 2.06. The van der Waals surface area contributed by atoms with Gasteiger partial charge in [0.25, 0.3) is 0 Å². The number of rotatable bonds is 16. The molecule has 0 bridgehead atoms. The Morgan fingerprint density at radius 2 is 1.31 bits per heavy atom. The van der Waals surface area contributed by atoms with E-state index in [1.807, 2.05) is 0 Å². The molecule has 0 saturated carbocycles. The van der Waals surface area contributed by atoms with Crippen LogP contribution in [0.1, 0.15) is 80.1 Å². The molecular formula is C21H43N3O2. The third kappa shape index (κ3) is 12.4. The second kappa shape index (κ2) is 15.2. The molecule has 26 heavy (non-hydrogen) atoms. The van der Waals surface area contributed by atoms with Crippen LogP contribution in [-0.4, -0.2) is 66.3 Å². The van der Waals surface area contributed by atoms with Gasteiger partial charge < -0.3 is 5.32 Å². The quantitative estimate of drug-likeness (QED) is 0.453. The van der Waals surface area contributed by atoms with Gasteiger partial charge in [-0.25, -0.2) is 0 Å². The second-order valence-electron chi connectivity index (χ2n) is 7.75. The zero-order valence-electron chi connectivity index (χ0n) is 18.1. The van der Waals surface area contributed by atoms with Crippen LogP contribution in [0.2, 0.25) is 0 Å². The first kappa shape index (κ1) is 25.1. The molecule has 0 unspecified atom stereocenters. The number of amides is 1. The molecule has 0 radical (unpaired) electrons. The van der Waals surface area contributed by atoms with Crippen LogP contribution in [0.4, 0.5) is 0 Å². The van der Waals surface area contributed by atoms with Gasteiger partial charge in [-0.2, -0.15) is 0 Å². The average Bonchev–Trinajstić information content (AvgIpc) is 2.59. The van der Waals surface area contributed by atoms with Crippen molar-refractivity contribution >= 4 is 11.7 Å². The molecule has 0 spiro atoms. The highest BCUT2D eigenvalue weighted by Gasteiger charge is 2.16. The summed E-state index contributed by atoms with van der Waals surface area (Å²) in [5.41, 5.74) is 0. The van der Waals surface area contributed by atoms with Gasteiger partial charge in [-0.1, -0.05) is 20.3 Å². The maximum atomic E-state index is 12.0. The average molecular weight is 370 g/mol. The first-order valence-electron chi connectivity index (χ1n) is 10.6. The summed E-state index contributed by atoms with van der Waals surface area (Å²) in [6, 6.07) is 0.838. The Labute approximate surface area is 161 Å². The number of nitrogens with one attached hydrogen (secondary N) is 1. The Morgan fingerprint density at radius 3 is 1.77 bits per heavy atom. The molecule has 1 amide bonds. The van der Waals surface area contributed by atoms with E-state index in [0.29, 0.717) is 37.1 Å². The zero-order chi connectivity index (χ0) is 19.9. The molecule has 0 aromatic carbocycles. The minimum Gasteiger partial charge on any atom is -0.356 e. The van der Waals surface area contributed by atoms with Crippen molar-refractivity contribution in [1.29, 1.82) is 0 Å². The molecule has 0 saturated heterocycles.